The van der Waals surface area contributed by atoms with E-state index >= 15 is 0 Å². The van der Waals surface area contributed by atoms with Gasteiger partial charge in [-0.15, -0.1) is 0 Å². The zero-order valence-electron chi connectivity index (χ0n) is 9.78. The third-order valence-electron chi connectivity index (χ3n) is 2.39. The normalized spacial score (nSPS) is 17.3. The SMILES string of the molecule is O=C(O)CCN1C(=O)/C(=C/c2ccccn2)SC1=S. The van der Waals surface area contributed by atoms with E-state index < -0.39 is 5.97 Å². The Bertz CT molecular complexity index is 557. The highest BCUT2D eigenvalue weighted by atomic mass is 32.2. The van der Waals surface area contributed by atoms with Crippen molar-refractivity contribution in [3.05, 3.63) is 35.0 Å². The predicted octanol–water partition coefficient (Wildman–Crippen LogP) is 1.76. The third-order valence-corrected chi connectivity index (χ3v) is 3.77. The van der Waals surface area contributed by atoms with Gasteiger partial charge in [-0.1, -0.05) is 30.0 Å². The van der Waals surface area contributed by atoms with Crippen LogP contribution < -0.4 is 0 Å². The van der Waals surface area contributed by atoms with Gasteiger partial charge in [0.25, 0.3) is 5.91 Å². The fourth-order valence-corrected chi connectivity index (χ4v) is 2.79. The highest BCUT2D eigenvalue weighted by Gasteiger charge is 2.32. The largest absolute Gasteiger partial charge is 0.481 e. The molecule has 1 aliphatic rings. The predicted molar refractivity (Wildman–Crippen MR) is 76.4 cm³/mol. The lowest BCUT2D eigenvalue weighted by atomic mass is 10.3. The Hall–Kier alpha value is -1.73. The van der Waals surface area contributed by atoms with Gasteiger partial charge in [-0.05, 0) is 18.2 Å². The first-order chi connectivity index (χ1) is 9.08. The van der Waals surface area contributed by atoms with Gasteiger partial charge in [0.2, 0.25) is 0 Å². The van der Waals surface area contributed by atoms with Crippen molar-refractivity contribution >= 4 is 46.3 Å². The summed E-state index contributed by atoms with van der Waals surface area (Å²) in [5.74, 6) is -1.22. The van der Waals surface area contributed by atoms with Crippen LogP contribution in [0.25, 0.3) is 6.08 Å². The van der Waals surface area contributed by atoms with Crippen molar-refractivity contribution in [1.29, 1.82) is 0 Å². The Morgan fingerprint density at radius 3 is 2.95 bits per heavy atom. The molecule has 0 radical (unpaired) electrons. The van der Waals surface area contributed by atoms with E-state index in [1.807, 2.05) is 6.07 Å². The lowest BCUT2D eigenvalue weighted by Gasteiger charge is -2.12. The van der Waals surface area contributed by atoms with E-state index in [0.717, 1.165) is 11.8 Å². The number of pyridine rings is 1. The van der Waals surface area contributed by atoms with Crippen molar-refractivity contribution in [1.82, 2.24) is 9.88 Å². The van der Waals surface area contributed by atoms with Crippen molar-refractivity contribution in [2.75, 3.05) is 6.54 Å². The number of carbonyl (C=O) groups is 2. The monoisotopic (exact) mass is 294 g/mol. The van der Waals surface area contributed by atoms with Crippen LogP contribution in [0.1, 0.15) is 12.1 Å². The van der Waals surface area contributed by atoms with Crippen molar-refractivity contribution < 1.29 is 14.7 Å². The van der Waals surface area contributed by atoms with Crippen LogP contribution in [0.3, 0.4) is 0 Å². The van der Waals surface area contributed by atoms with Crippen LogP contribution in [0.2, 0.25) is 0 Å². The molecular weight excluding hydrogens is 284 g/mol. The number of amides is 1. The van der Waals surface area contributed by atoms with E-state index in [2.05, 4.69) is 4.98 Å². The first-order valence-corrected chi connectivity index (χ1v) is 6.68. The number of aliphatic carboxylic acids is 1. The van der Waals surface area contributed by atoms with Crippen molar-refractivity contribution in [2.45, 2.75) is 6.42 Å². The van der Waals surface area contributed by atoms with E-state index in [4.69, 9.17) is 17.3 Å². The first kappa shape index (κ1) is 13.7. The van der Waals surface area contributed by atoms with Gasteiger partial charge < -0.3 is 5.11 Å². The number of nitrogens with zero attached hydrogens (tertiary/aromatic N) is 2. The number of thiocarbonyl (C=S) groups is 1. The number of hydrogen-bond donors (Lipinski definition) is 1. The second kappa shape index (κ2) is 5.94. The molecule has 0 unspecified atom stereocenters. The van der Waals surface area contributed by atoms with Crippen LogP contribution in [-0.4, -0.2) is 37.7 Å². The van der Waals surface area contributed by atoms with Gasteiger partial charge in [0, 0.05) is 12.7 Å². The van der Waals surface area contributed by atoms with E-state index in [9.17, 15) is 9.59 Å². The summed E-state index contributed by atoms with van der Waals surface area (Å²) in [4.78, 5) is 28.5. The molecule has 1 amide bonds. The molecule has 0 bridgehead atoms. The van der Waals surface area contributed by atoms with Crippen molar-refractivity contribution in [2.24, 2.45) is 0 Å². The molecule has 98 valence electrons. The molecule has 0 atom stereocenters. The molecule has 2 rings (SSSR count). The number of rotatable bonds is 4. The van der Waals surface area contributed by atoms with Gasteiger partial charge in [-0.25, -0.2) is 0 Å². The molecule has 19 heavy (non-hydrogen) atoms. The number of carboxylic acid groups (broad SMARTS) is 1. The quantitative estimate of drug-likeness (QED) is 0.674. The number of carbonyl (C=O) groups excluding carboxylic acids is 1. The average molecular weight is 294 g/mol. The Morgan fingerprint density at radius 1 is 1.53 bits per heavy atom. The average Bonchev–Trinajstić information content (AvgIpc) is 2.63. The van der Waals surface area contributed by atoms with Crippen LogP contribution >= 0.6 is 24.0 Å². The maximum Gasteiger partial charge on any atom is 0.305 e. The maximum atomic E-state index is 12.1. The molecule has 1 saturated heterocycles. The molecule has 0 spiro atoms. The second-order valence-electron chi connectivity index (χ2n) is 3.73. The molecule has 0 aliphatic carbocycles. The number of hydrogen-bond acceptors (Lipinski definition) is 5. The molecule has 1 N–H and O–H groups in total. The van der Waals surface area contributed by atoms with Crippen LogP contribution in [-0.2, 0) is 9.59 Å². The second-order valence-corrected chi connectivity index (χ2v) is 5.41. The molecule has 2 heterocycles. The van der Waals surface area contributed by atoms with E-state index in [1.165, 1.54) is 4.90 Å². The Labute approximate surface area is 119 Å². The molecule has 0 aromatic carbocycles. The summed E-state index contributed by atoms with van der Waals surface area (Å²) < 4.78 is 0.383. The Balaban J connectivity index is 2.14. The van der Waals surface area contributed by atoms with Gasteiger partial charge in [0.1, 0.15) is 4.32 Å². The summed E-state index contributed by atoms with van der Waals surface area (Å²) >= 11 is 6.24. The van der Waals surface area contributed by atoms with Crippen LogP contribution in [0, 0.1) is 0 Å². The zero-order valence-corrected chi connectivity index (χ0v) is 11.4. The van der Waals surface area contributed by atoms with Crippen LogP contribution in [0.5, 0.6) is 0 Å². The first-order valence-electron chi connectivity index (χ1n) is 5.46. The number of thioether (sulfide) groups is 1. The van der Waals surface area contributed by atoms with Gasteiger partial charge in [0.05, 0.1) is 17.0 Å². The molecule has 7 heteroatoms. The summed E-state index contributed by atoms with van der Waals surface area (Å²) in [5, 5.41) is 8.63. The van der Waals surface area contributed by atoms with Crippen molar-refractivity contribution in [3.8, 4) is 0 Å². The summed E-state index contributed by atoms with van der Waals surface area (Å²) in [7, 11) is 0. The number of aromatic nitrogens is 1. The smallest absolute Gasteiger partial charge is 0.305 e. The summed E-state index contributed by atoms with van der Waals surface area (Å²) in [6.07, 6.45) is 3.17. The fraction of sp³-hybridized carbons (Fsp3) is 0.167. The van der Waals surface area contributed by atoms with Crippen LogP contribution in [0.15, 0.2) is 29.3 Å². The zero-order chi connectivity index (χ0) is 13.8. The maximum absolute atomic E-state index is 12.1. The Kier molecular flexibility index (Phi) is 4.28. The standard InChI is InChI=1S/C12H10N2O3S2/c15-10(16)4-6-14-11(17)9(19-12(14)18)7-8-3-1-2-5-13-8/h1-3,5,7H,4,6H2,(H,15,16)/b9-7-. The van der Waals surface area contributed by atoms with Gasteiger partial charge in [0.15, 0.2) is 0 Å². The summed E-state index contributed by atoms with van der Waals surface area (Å²) in [6, 6.07) is 5.39. The minimum atomic E-state index is -0.956. The molecule has 1 fully saturated rings. The van der Waals surface area contributed by atoms with Gasteiger partial charge >= 0.3 is 5.97 Å². The molecule has 1 aromatic rings. The highest BCUT2D eigenvalue weighted by Crippen LogP contribution is 2.32. The molecule has 5 nitrogen and oxygen atoms in total. The topological polar surface area (TPSA) is 70.5 Å². The van der Waals surface area contributed by atoms with Crippen LogP contribution in [0.4, 0.5) is 0 Å². The lowest BCUT2D eigenvalue weighted by molar-refractivity contribution is -0.137. The van der Waals surface area contributed by atoms with Gasteiger partial charge in [-0.2, -0.15) is 0 Å². The molecular formula is C12H10N2O3S2. The van der Waals surface area contributed by atoms with E-state index in [1.54, 1.807) is 24.4 Å². The number of carboxylic acids is 1. The Morgan fingerprint density at radius 2 is 2.32 bits per heavy atom. The molecule has 0 saturated carbocycles. The molecule has 1 aliphatic heterocycles. The lowest BCUT2D eigenvalue weighted by Crippen LogP contribution is -2.30. The summed E-state index contributed by atoms with van der Waals surface area (Å²) in [5.41, 5.74) is 0.668. The summed E-state index contributed by atoms with van der Waals surface area (Å²) in [6.45, 7) is 0.0968. The minimum absolute atomic E-state index is 0.0968. The highest BCUT2D eigenvalue weighted by molar-refractivity contribution is 8.26. The fourth-order valence-electron chi connectivity index (χ4n) is 1.50. The van der Waals surface area contributed by atoms with E-state index in [-0.39, 0.29) is 18.9 Å². The minimum Gasteiger partial charge on any atom is -0.481 e. The molecule has 1 aromatic heterocycles. The van der Waals surface area contributed by atoms with Gasteiger partial charge in [-0.3, -0.25) is 19.5 Å². The van der Waals surface area contributed by atoms with E-state index in [0.29, 0.717) is 14.9 Å². The third kappa shape index (κ3) is 3.39. The van der Waals surface area contributed by atoms with Crippen molar-refractivity contribution in [3.63, 3.8) is 0 Å².